The van der Waals surface area contributed by atoms with Crippen LogP contribution in [-0.2, 0) is 17.6 Å². The van der Waals surface area contributed by atoms with Gasteiger partial charge in [0, 0.05) is 15.8 Å². The fourth-order valence-electron chi connectivity index (χ4n) is 2.26. The van der Waals surface area contributed by atoms with E-state index >= 15 is 0 Å². The van der Waals surface area contributed by atoms with E-state index < -0.39 is 12.0 Å². The predicted octanol–water partition coefficient (Wildman–Crippen LogP) is 2.75. The van der Waals surface area contributed by atoms with Gasteiger partial charge < -0.3 is 5.11 Å². The summed E-state index contributed by atoms with van der Waals surface area (Å²) in [4.78, 5) is 13.6. The SMILES string of the molecule is CC(NC(C)c1cc2c(s1)CCCC2)C(=O)O. The first-order valence-electron chi connectivity index (χ1n) is 6.18. The monoisotopic (exact) mass is 253 g/mol. The van der Waals surface area contributed by atoms with E-state index in [4.69, 9.17) is 5.11 Å². The van der Waals surface area contributed by atoms with Gasteiger partial charge in [0.2, 0.25) is 0 Å². The first-order chi connectivity index (χ1) is 8.08. The summed E-state index contributed by atoms with van der Waals surface area (Å²) in [7, 11) is 0. The van der Waals surface area contributed by atoms with Gasteiger partial charge in [-0.05, 0) is 51.2 Å². The molecule has 0 fully saturated rings. The van der Waals surface area contributed by atoms with E-state index in [9.17, 15) is 4.79 Å². The Morgan fingerprint density at radius 3 is 2.76 bits per heavy atom. The molecule has 94 valence electrons. The quantitative estimate of drug-likeness (QED) is 0.867. The van der Waals surface area contributed by atoms with Crippen LogP contribution in [0.15, 0.2) is 6.07 Å². The van der Waals surface area contributed by atoms with Crippen molar-refractivity contribution in [2.75, 3.05) is 0 Å². The van der Waals surface area contributed by atoms with Gasteiger partial charge in [0.1, 0.15) is 6.04 Å². The Morgan fingerprint density at radius 1 is 1.41 bits per heavy atom. The number of thiophene rings is 1. The lowest BCUT2D eigenvalue weighted by atomic mass is 9.99. The van der Waals surface area contributed by atoms with Crippen molar-refractivity contribution < 1.29 is 9.90 Å². The van der Waals surface area contributed by atoms with Crippen molar-refractivity contribution >= 4 is 17.3 Å². The van der Waals surface area contributed by atoms with Gasteiger partial charge in [0.15, 0.2) is 0 Å². The molecular formula is C13H19NO2S. The Labute approximate surface area is 106 Å². The minimum atomic E-state index is -0.793. The summed E-state index contributed by atoms with van der Waals surface area (Å²) in [6.07, 6.45) is 4.96. The molecule has 1 heterocycles. The van der Waals surface area contributed by atoms with Crippen LogP contribution in [0.1, 0.15) is 48.0 Å². The third kappa shape index (κ3) is 2.87. The molecule has 1 aliphatic carbocycles. The van der Waals surface area contributed by atoms with E-state index in [-0.39, 0.29) is 6.04 Å². The summed E-state index contributed by atoms with van der Waals surface area (Å²) < 4.78 is 0. The number of carboxylic acid groups (broad SMARTS) is 1. The molecule has 0 aliphatic heterocycles. The van der Waals surface area contributed by atoms with Crippen LogP contribution >= 0.6 is 11.3 Å². The molecule has 0 spiro atoms. The summed E-state index contributed by atoms with van der Waals surface area (Å²) in [6.45, 7) is 3.73. The molecule has 2 unspecified atom stereocenters. The molecule has 3 nitrogen and oxygen atoms in total. The van der Waals surface area contributed by atoms with Crippen LogP contribution in [-0.4, -0.2) is 17.1 Å². The number of rotatable bonds is 4. The van der Waals surface area contributed by atoms with E-state index in [1.807, 2.05) is 18.3 Å². The third-order valence-corrected chi connectivity index (χ3v) is 4.73. The van der Waals surface area contributed by atoms with Crippen LogP contribution in [0, 0.1) is 0 Å². The molecule has 2 N–H and O–H groups in total. The summed E-state index contributed by atoms with van der Waals surface area (Å²) in [6, 6.07) is 1.88. The van der Waals surface area contributed by atoms with Gasteiger partial charge in [-0.25, -0.2) is 0 Å². The van der Waals surface area contributed by atoms with Gasteiger partial charge in [-0.2, -0.15) is 0 Å². The Bertz CT molecular complexity index is 390. The Morgan fingerprint density at radius 2 is 2.12 bits per heavy atom. The fraction of sp³-hybridized carbons (Fsp3) is 0.615. The van der Waals surface area contributed by atoms with Crippen LogP contribution in [0.2, 0.25) is 0 Å². The summed E-state index contributed by atoms with van der Waals surface area (Å²) in [5, 5.41) is 12.0. The number of aliphatic carboxylic acids is 1. The molecule has 2 atom stereocenters. The van der Waals surface area contributed by atoms with Crippen molar-refractivity contribution in [2.24, 2.45) is 0 Å². The molecule has 0 saturated carbocycles. The Balaban J connectivity index is 2.06. The number of nitrogens with one attached hydrogen (secondary N) is 1. The Hall–Kier alpha value is -0.870. The van der Waals surface area contributed by atoms with E-state index in [1.54, 1.807) is 6.92 Å². The second-order valence-corrected chi connectivity index (χ2v) is 5.92. The van der Waals surface area contributed by atoms with Crippen LogP contribution in [0.5, 0.6) is 0 Å². The lowest BCUT2D eigenvalue weighted by Gasteiger charge is -2.15. The van der Waals surface area contributed by atoms with Gasteiger partial charge in [0.25, 0.3) is 0 Å². The van der Waals surface area contributed by atoms with Crippen molar-refractivity contribution in [1.29, 1.82) is 0 Å². The molecule has 0 saturated heterocycles. The lowest BCUT2D eigenvalue weighted by molar-refractivity contribution is -0.139. The number of hydrogen-bond acceptors (Lipinski definition) is 3. The number of fused-ring (bicyclic) bond motifs is 1. The average Bonchev–Trinajstić information content (AvgIpc) is 2.72. The minimum Gasteiger partial charge on any atom is -0.480 e. The van der Waals surface area contributed by atoms with Crippen LogP contribution in [0.3, 0.4) is 0 Å². The topological polar surface area (TPSA) is 49.3 Å². The second kappa shape index (κ2) is 5.19. The zero-order chi connectivity index (χ0) is 12.4. The maximum Gasteiger partial charge on any atom is 0.320 e. The molecule has 0 radical (unpaired) electrons. The maximum atomic E-state index is 10.8. The van der Waals surface area contributed by atoms with E-state index in [2.05, 4.69) is 11.4 Å². The van der Waals surface area contributed by atoms with Crippen molar-refractivity contribution in [3.05, 3.63) is 21.4 Å². The largest absolute Gasteiger partial charge is 0.480 e. The lowest BCUT2D eigenvalue weighted by Crippen LogP contribution is -2.35. The molecule has 0 amide bonds. The van der Waals surface area contributed by atoms with Crippen molar-refractivity contribution in [1.82, 2.24) is 5.32 Å². The normalized spacial score (nSPS) is 18.5. The zero-order valence-electron chi connectivity index (χ0n) is 10.3. The van der Waals surface area contributed by atoms with Crippen LogP contribution in [0.25, 0.3) is 0 Å². The smallest absolute Gasteiger partial charge is 0.320 e. The van der Waals surface area contributed by atoms with Gasteiger partial charge in [-0.15, -0.1) is 11.3 Å². The third-order valence-electron chi connectivity index (χ3n) is 3.31. The standard InChI is InChI=1S/C13H19NO2S/c1-8(14-9(2)13(15)16)12-7-10-5-3-4-6-11(10)17-12/h7-9,14H,3-6H2,1-2H3,(H,15,16). The summed E-state index contributed by atoms with van der Waals surface area (Å²) in [5.41, 5.74) is 1.48. The number of aryl methyl sites for hydroxylation is 2. The van der Waals surface area contributed by atoms with Gasteiger partial charge in [-0.1, -0.05) is 0 Å². The van der Waals surface area contributed by atoms with Crippen molar-refractivity contribution in [3.8, 4) is 0 Å². The van der Waals surface area contributed by atoms with Gasteiger partial charge >= 0.3 is 5.97 Å². The molecule has 17 heavy (non-hydrogen) atoms. The van der Waals surface area contributed by atoms with Gasteiger partial charge in [-0.3, -0.25) is 10.1 Å². The van der Waals surface area contributed by atoms with E-state index in [1.165, 1.54) is 41.0 Å². The highest BCUT2D eigenvalue weighted by Gasteiger charge is 2.19. The van der Waals surface area contributed by atoms with Crippen LogP contribution in [0.4, 0.5) is 0 Å². The molecular weight excluding hydrogens is 234 g/mol. The molecule has 0 bridgehead atoms. The maximum absolute atomic E-state index is 10.8. The van der Waals surface area contributed by atoms with Crippen molar-refractivity contribution in [3.63, 3.8) is 0 Å². The van der Waals surface area contributed by atoms with Crippen LogP contribution < -0.4 is 5.32 Å². The predicted molar refractivity (Wildman–Crippen MR) is 69.6 cm³/mol. The molecule has 1 aliphatic rings. The highest BCUT2D eigenvalue weighted by Crippen LogP contribution is 2.32. The Kier molecular flexibility index (Phi) is 3.84. The first-order valence-corrected chi connectivity index (χ1v) is 7.00. The molecule has 1 aromatic heterocycles. The molecule has 0 aromatic carbocycles. The first kappa shape index (κ1) is 12.6. The summed E-state index contributed by atoms with van der Waals surface area (Å²) in [5.74, 6) is -0.793. The van der Waals surface area contributed by atoms with Crippen molar-refractivity contribution in [2.45, 2.75) is 51.6 Å². The molecule has 2 rings (SSSR count). The zero-order valence-corrected chi connectivity index (χ0v) is 11.1. The second-order valence-electron chi connectivity index (χ2n) is 4.75. The van der Waals surface area contributed by atoms with E-state index in [0.29, 0.717) is 0 Å². The number of carboxylic acids is 1. The minimum absolute atomic E-state index is 0.122. The highest BCUT2D eigenvalue weighted by molar-refractivity contribution is 7.12. The fourth-order valence-corrected chi connectivity index (χ4v) is 3.52. The number of carbonyl (C=O) groups is 1. The summed E-state index contributed by atoms with van der Waals surface area (Å²) >= 11 is 1.84. The molecule has 1 aromatic rings. The average molecular weight is 253 g/mol. The number of hydrogen-bond donors (Lipinski definition) is 2. The van der Waals surface area contributed by atoms with Gasteiger partial charge in [0.05, 0.1) is 0 Å². The molecule has 4 heteroatoms. The highest BCUT2D eigenvalue weighted by atomic mass is 32.1. The van der Waals surface area contributed by atoms with E-state index in [0.717, 1.165) is 0 Å².